The smallest absolute Gasteiger partial charge is 0.200 e. The number of anilines is 1. The summed E-state index contributed by atoms with van der Waals surface area (Å²) in [6.45, 7) is 2.44. The summed E-state index contributed by atoms with van der Waals surface area (Å²) in [6, 6.07) is 7.65. The van der Waals surface area contributed by atoms with Crippen LogP contribution in [-0.2, 0) is 12.8 Å². The molecule has 5 N–H and O–H groups in total. The predicted octanol–water partition coefficient (Wildman–Crippen LogP) is 5.85. The zero-order valence-corrected chi connectivity index (χ0v) is 27.4. The van der Waals surface area contributed by atoms with E-state index in [1.54, 1.807) is 19.2 Å². The summed E-state index contributed by atoms with van der Waals surface area (Å²) in [4.78, 5) is 0. The van der Waals surface area contributed by atoms with Crippen molar-refractivity contribution in [2.75, 3.05) is 33.3 Å². The monoisotopic (exact) mass is 644 g/mol. The van der Waals surface area contributed by atoms with Crippen LogP contribution in [0.5, 0.6) is 34.5 Å². The van der Waals surface area contributed by atoms with E-state index < -0.39 is 24.0 Å². The number of methoxy groups -OCH3 is 3. The number of piperidine rings is 1. The van der Waals surface area contributed by atoms with Gasteiger partial charge in [0.25, 0.3) is 0 Å². The first-order valence-corrected chi connectivity index (χ1v) is 16.9. The quantitative estimate of drug-likeness (QED) is 0.223. The molecule has 250 valence electrons. The number of rotatable bonds is 6. The molecule has 2 aliphatic carbocycles. The van der Waals surface area contributed by atoms with E-state index in [4.69, 9.17) is 23.7 Å². The molecule has 10 heteroatoms. The SMILES string of the molecule is COc1cc([C@@H]2COc3cc4c5c(c3[C@H]2O)CCc2c(OC)cc(O[C@]36CCCC[C@H]3CC[C@@H](C)N6)c(c2-5)[C@@H](O)N4)cc(OC)c1O. The fourth-order valence-corrected chi connectivity index (χ4v) is 9.03. The number of fused-ring (bicyclic) bond motifs is 3. The van der Waals surface area contributed by atoms with Gasteiger partial charge < -0.3 is 44.3 Å². The van der Waals surface area contributed by atoms with Crippen molar-refractivity contribution in [3.8, 4) is 45.6 Å². The van der Waals surface area contributed by atoms with Crippen LogP contribution in [0.25, 0.3) is 11.1 Å². The third kappa shape index (κ3) is 4.63. The number of hydrogen-bond donors (Lipinski definition) is 5. The molecule has 0 bridgehead atoms. The Kier molecular flexibility index (Phi) is 7.38. The van der Waals surface area contributed by atoms with E-state index in [1.165, 1.54) is 20.6 Å². The minimum absolute atomic E-state index is 0.0905. The molecule has 3 heterocycles. The first-order chi connectivity index (χ1) is 22.8. The van der Waals surface area contributed by atoms with Crippen molar-refractivity contribution in [1.82, 2.24) is 5.32 Å². The van der Waals surface area contributed by atoms with Gasteiger partial charge in [-0.05, 0) is 68.7 Å². The van der Waals surface area contributed by atoms with E-state index >= 15 is 0 Å². The van der Waals surface area contributed by atoms with E-state index in [-0.39, 0.29) is 23.9 Å². The number of phenols is 1. The van der Waals surface area contributed by atoms with Crippen LogP contribution in [-0.4, -0.2) is 55.0 Å². The normalized spacial score (nSPS) is 28.5. The van der Waals surface area contributed by atoms with Crippen LogP contribution in [0.3, 0.4) is 0 Å². The maximum Gasteiger partial charge on any atom is 0.200 e. The summed E-state index contributed by atoms with van der Waals surface area (Å²) < 4.78 is 30.3. The highest BCUT2D eigenvalue weighted by Gasteiger charge is 2.48. The van der Waals surface area contributed by atoms with E-state index in [1.807, 2.05) is 12.1 Å². The molecular weight excluding hydrogens is 600 g/mol. The molecule has 0 aromatic heterocycles. The van der Waals surface area contributed by atoms with E-state index in [2.05, 4.69) is 17.6 Å². The highest BCUT2D eigenvalue weighted by Crippen LogP contribution is 2.58. The Labute approximate surface area is 275 Å². The van der Waals surface area contributed by atoms with Gasteiger partial charge in [0, 0.05) is 64.4 Å². The van der Waals surface area contributed by atoms with Gasteiger partial charge in [0.15, 0.2) is 23.5 Å². The zero-order chi connectivity index (χ0) is 32.6. The Balaban J connectivity index is 1.26. The van der Waals surface area contributed by atoms with E-state index in [0.29, 0.717) is 41.9 Å². The van der Waals surface area contributed by atoms with Crippen LogP contribution in [0.15, 0.2) is 24.3 Å². The molecule has 3 aliphatic heterocycles. The Morgan fingerprint density at radius 2 is 1.57 bits per heavy atom. The second kappa shape index (κ2) is 11.4. The van der Waals surface area contributed by atoms with Crippen molar-refractivity contribution in [3.05, 3.63) is 52.1 Å². The minimum Gasteiger partial charge on any atom is -0.502 e. The van der Waals surface area contributed by atoms with Crippen LogP contribution in [0, 0.1) is 5.92 Å². The Hall–Kier alpha value is -3.86. The van der Waals surface area contributed by atoms with Gasteiger partial charge in [-0.3, -0.25) is 5.32 Å². The standard InChI is InChI=1S/C37H44N2O8/c1-18-8-9-20-7-5-6-12-37(20,39-18)47-27-16-25(43-2)21-10-11-22-30-24(38-36(42)33(27)32(21)30)15-26-31(22)34(40)23(17-46-26)19-13-28(44-3)35(41)29(14-19)45-4/h13-16,18,20,23,34,36,38-42H,5-12,17H2,1-4H3/t18-,20+,23+,34+,36-,37-/m1/s1. The highest BCUT2D eigenvalue weighted by molar-refractivity contribution is 5.93. The second-order valence-corrected chi connectivity index (χ2v) is 13.8. The number of aliphatic hydroxyl groups is 2. The van der Waals surface area contributed by atoms with Gasteiger partial charge in [0.05, 0.1) is 39.6 Å². The summed E-state index contributed by atoms with van der Waals surface area (Å²) in [5.41, 5.74) is 6.32. The highest BCUT2D eigenvalue weighted by atomic mass is 16.5. The van der Waals surface area contributed by atoms with Gasteiger partial charge in [-0.25, -0.2) is 0 Å². The molecule has 47 heavy (non-hydrogen) atoms. The Bertz CT molecular complexity index is 1720. The van der Waals surface area contributed by atoms with Gasteiger partial charge in [-0.15, -0.1) is 0 Å². The first kappa shape index (κ1) is 30.5. The number of hydrogen-bond acceptors (Lipinski definition) is 10. The van der Waals surface area contributed by atoms with Gasteiger partial charge >= 0.3 is 0 Å². The number of phenolic OH excluding ortho intramolecular Hbond substituents is 1. The molecule has 0 amide bonds. The Morgan fingerprint density at radius 1 is 0.830 bits per heavy atom. The van der Waals surface area contributed by atoms with Crippen LogP contribution in [0.4, 0.5) is 5.69 Å². The second-order valence-electron chi connectivity index (χ2n) is 13.8. The molecule has 8 rings (SSSR count). The largest absolute Gasteiger partial charge is 0.502 e. The number of aromatic hydroxyl groups is 1. The van der Waals surface area contributed by atoms with E-state index in [9.17, 15) is 15.3 Å². The van der Waals surface area contributed by atoms with Crippen molar-refractivity contribution in [3.63, 3.8) is 0 Å². The number of aliphatic hydroxyl groups excluding tert-OH is 2. The molecule has 0 unspecified atom stereocenters. The van der Waals surface area contributed by atoms with Crippen molar-refractivity contribution in [2.45, 2.75) is 88.3 Å². The summed E-state index contributed by atoms with van der Waals surface area (Å²) >= 11 is 0. The molecular formula is C37H44N2O8. The summed E-state index contributed by atoms with van der Waals surface area (Å²) in [6.07, 6.45) is 5.99. The molecule has 0 radical (unpaired) electrons. The van der Waals surface area contributed by atoms with Crippen LogP contribution in [0.1, 0.15) is 91.5 Å². The zero-order valence-electron chi connectivity index (χ0n) is 27.4. The van der Waals surface area contributed by atoms with Crippen LogP contribution >= 0.6 is 0 Å². The van der Waals surface area contributed by atoms with Crippen molar-refractivity contribution in [1.29, 1.82) is 0 Å². The third-order valence-electron chi connectivity index (χ3n) is 11.3. The topological polar surface area (TPSA) is 131 Å². The van der Waals surface area contributed by atoms with Crippen LogP contribution in [0.2, 0.25) is 0 Å². The lowest BCUT2D eigenvalue weighted by Gasteiger charge is -2.50. The maximum absolute atomic E-state index is 12.1. The van der Waals surface area contributed by atoms with Gasteiger partial charge in [0.2, 0.25) is 5.75 Å². The Morgan fingerprint density at radius 3 is 2.32 bits per heavy atom. The molecule has 10 nitrogen and oxygen atoms in total. The molecule has 5 aliphatic rings. The fourth-order valence-electron chi connectivity index (χ4n) is 9.03. The molecule has 3 aromatic carbocycles. The number of benzene rings is 3. The van der Waals surface area contributed by atoms with Crippen molar-refractivity contribution < 1.29 is 39.0 Å². The van der Waals surface area contributed by atoms with Crippen molar-refractivity contribution in [2.24, 2.45) is 5.92 Å². The predicted molar refractivity (Wildman–Crippen MR) is 176 cm³/mol. The van der Waals surface area contributed by atoms with Gasteiger partial charge in [-0.2, -0.15) is 0 Å². The van der Waals surface area contributed by atoms with E-state index in [0.717, 1.165) is 76.9 Å². The average molecular weight is 645 g/mol. The lowest BCUT2D eigenvalue weighted by molar-refractivity contribution is -0.0844. The molecule has 0 spiro atoms. The lowest BCUT2D eigenvalue weighted by atomic mass is 9.73. The van der Waals surface area contributed by atoms with Crippen LogP contribution < -0.4 is 34.3 Å². The number of nitrogens with one attached hydrogen (secondary N) is 2. The molecule has 3 aromatic rings. The molecule has 2 fully saturated rings. The molecule has 1 saturated carbocycles. The average Bonchev–Trinajstić information content (AvgIpc) is 3.07. The lowest BCUT2D eigenvalue weighted by Crippen LogP contribution is -2.63. The summed E-state index contributed by atoms with van der Waals surface area (Å²) in [5, 5.41) is 41.5. The third-order valence-corrected chi connectivity index (χ3v) is 11.3. The molecule has 6 atom stereocenters. The van der Waals surface area contributed by atoms with Crippen molar-refractivity contribution >= 4 is 5.69 Å². The maximum atomic E-state index is 12.1. The molecule has 1 saturated heterocycles. The fraction of sp³-hybridized carbons (Fsp3) is 0.514. The number of ether oxygens (including phenoxy) is 5. The minimum atomic E-state index is -1.00. The summed E-state index contributed by atoms with van der Waals surface area (Å²) in [5.74, 6) is 2.36. The first-order valence-electron chi connectivity index (χ1n) is 16.9. The van der Waals surface area contributed by atoms with Gasteiger partial charge in [-0.1, -0.05) is 6.42 Å². The summed E-state index contributed by atoms with van der Waals surface area (Å²) in [7, 11) is 4.66. The van der Waals surface area contributed by atoms with Gasteiger partial charge in [0.1, 0.15) is 17.2 Å².